The summed E-state index contributed by atoms with van der Waals surface area (Å²) in [4.78, 5) is 38.1. The zero-order valence-corrected chi connectivity index (χ0v) is 18.2. The number of rotatable bonds is 5. The Balaban J connectivity index is 1.41. The van der Waals surface area contributed by atoms with Gasteiger partial charge in [-0.2, -0.15) is 0 Å². The summed E-state index contributed by atoms with van der Waals surface area (Å²) in [7, 11) is 0. The van der Waals surface area contributed by atoms with Crippen molar-refractivity contribution in [2.45, 2.75) is 44.5 Å². The van der Waals surface area contributed by atoms with Crippen LogP contribution in [0, 0.1) is 0 Å². The van der Waals surface area contributed by atoms with E-state index in [0.717, 1.165) is 27.2 Å². The average Bonchev–Trinajstić information content (AvgIpc) is 3.25. The van der Waals surface area contributed by atoms with Crippen molar-refractivity contribution in [1.29, 1.82) is 0 Å². The molecule has 168 valence electrons. The number of carboxylic acids is 1. The molecule has 2 aromatic carbocycles. The number of aliphatic carboxylic acids is 1. The van der Waals surface area contributed by atoms with Crippen LogP contribution in [0.2, 0.25) is 0 Å². The van der Waals surface area contributed by atoms with Gasteiger partial charge in [0.1, 0.15) is 18.4 Å². The molecule has 0 unspecified atom stereocenters. The molecular weight excluding hydrogens is 412 g/mol. The predicted molar refractivity (Wildman–Crippen MR) is 116 cm³/mol. The van der Waals surface area contributed by atoms with Crippen LogP contribution in [0.1, 0.15) is 37.8 Å². The lowest BCUT2D eigenvalue weighted by molar-refractivity contribution is -0.156. The maximum absolute atomic E-state index is 12.9. The van der Waals surface area contributed by atoms with E-state index in [-0.39, 0.29) is 19.1 Å². The van der Waals surface area contributed by atoms with Gasteiger partial charge in [0, 0.05) is 5.92 Å². The fraction of sp³-hybridized carbons (Fsp3) is 0.375. The minimum atomic E-state index is -1.16. The monoisotopic (exact) mass is 438 g/mol. The number of ether oxygens (including phenoxy) is 2. The summed E-state index contributed by atoms with van der Waals surface area (Å²) in [5.41, 5.74) is 3.34. The van der Waals surface area contributed by atoms with Gasteiger partial charge in [-0.05, 0) is 43.0 Å². The molecule has 1 aliphatic heterocycles. The van der Waals surface area contributed by atoms with Gasteiger partial charge >= 0.3 is 12.1 Å². The molecule has 8 nitrogen and oxygen atoms in total. The Bertz CT molecular complexity index is 1020. The van der Waals surface area contributed by atoms with E-state index >= 15 is 0 Å². The third-order valence-corrected chi connectivity index (χ3v) is 6.06. The second-order valence-electron chi connectivity index (χ2n) is 8.51. The second kappa shape index (κ2) is 8.27. The maximum Gasteiger partial charge on any atom is 0.407 e. The Morgan fingerprint density at radius 1 is 1.12 bits per heavy atom. The standard InChI is InChI=1S/C24H26N2O6/c1-14(21(27)26-20(22(28)29)13-32-24(26,2)3)25-23(30)31-12-19-17-10-6-4-8-15(17)16-9-5-7-11-18(16)19/h4-11,14,19-20H,12-13H2,1-3H3,(H,25,30)(H,28,29)/t14-,20-/m0/s1. The fourth-order valence-corrected chi connectivity index (χ4v) is 4.49. The quantitative estimate of drug-likeness (QED) is 0.744. The minimum Gasteiger partial charge on any atom is -0.480 e. The summed E-state index contributed by atoms with van der Waals surface area (Å²) >= 11 is 0. The zero-order valence-electron chi connectivity index (χ0n) is 18.2. The predicted octanol–water partition coefficient (Wildman–Crippen LogP) is 2.96. The number of hydrogen-bond donors (Lipinski definition) is 2. The van der Waals surface area contributed by atoms with Gasteiger partial charge < -0.3 is 19.9 Å². The number of fused-ring (bicyclic) bond motifs is 3. The summed E-state index contributed by atoms with van der Waals surface area (Å²) in [6.45, 7) is 4.75. The van der Waals surface area contributed by atoms with E-state index in [0.29, 0.717) is 0 Å². The molecular formula is C24H26N2O6. The first-order valence-electron chi connectivity index (χ1n) is 10.5. The Labute approximate surface area is 186 Å². The molecule has 1 heterocycles. The first kappa shape index (κ1) is 21.8. The van der Waals surface area contributed by atoms with Crippen LogP contribution in [-0.2, 0) is 19.1 Å². The van der Waals surface area contributed by atoms with E-state index < -0.39 is 35.8 Å². The number of hydrogen-bond acceptors (Lipinski definition) is 5. The SMILES string of the molecule is C[C@H](NC(=O)OCC1c2ccccc2-c2ccccc21)C(=O)N1[C@H](C(=O)O)COC1(C)C. The van der Waals surface area contributed by atoms with E-state index in [1.165, 1.54) is 6.92 Å². The third kappa shape index (κ3) is 3.82. The maximum atomic E-state index is 12.9. The van der Waals surface area contributed by atoms with E-state index in [2.05, 4.69) is 5.32 Å². The molecule has 2 atom stereocenters. The number of carboxylic acid groups (broad SMARTS) is 1. The van der Waals surface area contributed by atoms with Crippen molar-refractivity contribution < 1.29 is 29.0 Å². The van der Waals surface area contributed by atoms with Crippen molar-refractivity contribution in [3.05, 3.63) is 59.7 Å². The molecule has 1 saturated heterocycles. The molecule has 4 rings (SSSR count). The lowest BCUT2D eigenvalue weighted by Crippen LogP contribution is -2.56. The van der Waals surface area contributed by atoms with Crippen LogP contribution < -0.4 is 5.32 Å². The van der Waals surface area contributed by atoms with E-state index in [9.17, 15) is 19.5 Å². The molecule has 0 bridgehead atoms. The molecule has 32 heavy (non-hydrogen) atoms. The molecule has 2 N–H and O–H groups in total. The van der Waals surface area contributed by atoms with Crippen molar-refractivity contribution in [3.8, 4) is 11.1 Å². The van der Waals surface area contributed by atoms with Gasteiger partial charge in [0.05, 0.1) is 6.61 Å². The third-order valence-electron chi connectivity index (χ3n) is 6.06. The van der Waals surface area contributed by atoms with Gasteiger partial charge in [-0.3, -0.25) is 9.69 Å². The Hall–Kier alpha value is -3.39. The van der Waals surface area contributed by atoms with Crippen LogP contribution in [-0.4, -0.2) is 59.0 Å². The van der Waals surface area contributed by atoms with Crippen LogP contribution in [0.5, 0.6) is 0 Å². The van der Waals surface area contributed by atoms with Gasteiger partial charge in [-0.1, -0.05) is 48.5 Å². The van der Waals surface area contributed by atoms with Crippen LogP contribution in [0.3, 0.4) is 0 Å². The van der Waals surface area contributed by atoms with E-state index in [1.807, 2.05) is 48.5 Å². The van der Waals surface area contributed by atoms with E-state index in [4.69, 9.17) is 9.47 Å². The number of alkyl carbamates (subject to hydrolysis) is 1. The van der Waals surface area contributed by atoms with Crippen molar-refractivity contribution in [2.24, 2.45) is 0 Å². The minimum absolute atomic E-state index is 0.0959. The first-order valence-corrected chi connectivity index (χ1v) is 10.5. The highest BCUT2D eigenvalue weighted by atomic mass is 16.6. The van der Waals surface area contributed by atoms with Crippen LogP contribution in [0.4, 0.5) is 4.79 Å². The van der Waals surface area contributed by atoms with Crippen molar-refractivity contribution in [1.82, 2.24) is 10.2 Å². The number of nitrogens with one attached hydrogen (secondary N) is 1. The summed E-state index contributed by atoms with van der Waals surface area (Å²) in [5, 5.41) is 11.9. The lowest BCUT2D eigenvalue weighted by Gasteiger charge is -2.34. The first-order chi connectivity index (χ1) is 15.2. The number of carbonyl (C=O) groups excluding carboxylic acids is 2. The Kier molecular flexibility index (Phi) is 5.64. The summed E-state index contributed by atoms with van der Waals surface area (Å²) in [6, 6.07) is 13.9. The number of nitrogens with zero attached hydrogens (tertiary/aromatic N) is 1. The zero-order chi connectivity index (χ0) is 23.0. The number of benzene rings is 2. The fourth-order valence-electron chi connectivity index (χ4n) is 4.49. The molecule has 0 spiro atoms. The van der Waals surface area contributed by atoms with Gasteiger partial charge in [-0.25, -0.2) is 9.59 Å². The van der Waals surface area contributed by atoms with Crippen molar-refractivity contribution in [2.75, 3.05) is 13.2 Å². The van der Waals surface area contributed by atoms with Crippen LogP contribution in [0.25, 0.3) is 11.1 Å². The average molecular weight is 438 g/mol. The summed E-state index contributed by atoms with van der Waals surface area (Å²) in [6.07, 6.45) is -0.738. The molecule has 2 aliphatic rings. The number of carbonyl (C=O) groups is 3. The highest BCUT2D eigenvalue weighted by Crippen LogP contribution is 2.44. The van der Waals surface area contributed by atoms with Gasteiger partial charge in [0.25, 0.3) is 0 Å². The largest absolute Gasteiger partial charge is 0.480 e. The van der Waals surface area contributed by atoms with Gasteiger partial charge in [-0.15, -0.1) is 0 Å². The van der Waals surface area contributed by atoms with Crippen molar-refractivity contribution in [3.63, 3.8) is 0 Å². The Morgan fingerprint density at radius 2 is 1.69 bits per heavy atom. The molecule has 0 radical (unpaired) electrons. The molecule has 0 aromatic heterocycles. The second-order valence-corrected chi connectivity index (χ2v) is 8.51. The van der Waals surface area contributed by atoms with Crippen molar-refractivity contribution >= 4 is 18.0 Å². The molecule has 2 amide bonds. The van der Waals surface area contributed by atoms with Gasteiger partial charge in [0.2, 0.25) is 5.91 Å². The number of amides is 2. The highest BCUT2D eigenvalue weighted by Gasteiger charge is 2.48. The van der Waals surface area contributed by atoms with E-state index in [1.54, 1.807) is 13.8 Å². The molecule has 1 fully saturated rings. The topological polar surface area (TPSA) is 105 Å². The smallest absolute Gasteiger partial charge is 0.407 e. The summed E-state index contributed by atoms with van der Waals surface area (Å²) in [5.74, 6) is -1.80. The Morgan fingerprint density at radius 3 is 2.25 bits per heavy atom. The van der Waals surface area contributed by atoms with Crippen LogP contribution >= 0.6 is 0 Å². The molecule has 8 heteroatoms. The molecule has 2 aromatic rings. The molecule has 1 aliphatic carbocycles. The van der Waals surface area contributed by atoms with Gasteiger partial charge in [0.15, 0.2) is 6.04 Å². The normalized spacial score (nSPS) is 19.7. The highest BCUT2D eigenvalue weighted by molar-refractivity contribution is 5.90. The van der Waals surface area contributed by atoms with Crippen LogP contribution in [0.15, 0.2) is 48.5 Å². The summed E-state index contributed by atoms with van der Waals surface area (Å²) < 4.78 is 10.9. The molecule has 0 saturated carbocycles. The lowest BCUT2D eigenvalue weighted by atomic mass is 9.98.